The van der Waals surface area contributed by atoms with Crippen LogP contribution in [0.4, 0.5) is 4.39 Å². The average Bonchev–Trinajstić information content (AvgIpc) is 2.79. The lowest BCUT2D eigenvalue weighted by atomic mass is 10.2. The molecule has 1 aromatic heterocycles. The van der Waals surface area contributed by atoms with E-state index < -0.39 is 0 Å². The molecule has 0 radical (unpaired) electrons. The van der Waals surface area contributed by atoms with E-state index in [0.717, 1.165) is 0 Å². The van der Waals surface area contributed by atoms with E-state index >= 15 is 0 Å². The molecular weight excluding hydrogens is 325 g/mol. The third-order valence-corrected chi connectivity index (χ3v) is 3.05. The van der Waals surface area contributed by atoms with E-state index in [1.54, 1.807) is 23.7 Å². The van der Waals surface area contributed by atoms with Crippen molar-refractivity contribution in [2.75, 3.05) is 6.54 Å². The van der Waals surface area contributed by atoms with Crippen LogP contribution in [-0.2, 0) is 0 Å². The van der Waals surface area contributed by atoms with Crippen molar-refractivity contribution in [3.05, 3.63) is 58.6 Å². The Morgan fingerprint density at radius 1 is 1.45 bits per heavy atom. The molecule has 6 heteroatoms. The van der Waals surface area contributed by atoms with Gasteiger partial charge in [-0.3, -0.25) is 4.79 Å². The van der Waals surface area contributed by atoms with E-state index in [1.807, 2.05) is 0 Å². The molecule has 0 aliphatic carbocycles. The highest BCUT2D eigenvalue weighted by Crippen LogP contribution is 2.14. The largest absolute Gasteiger partial charge is 0.347 e. The van der Waals surface area contributed by atoms with Gasteiger partial charge in [0.1, 0.15) is 5.82 Å². The van der Waals surface area contributed by atoms with Crippen LogP contribution in [-0.4, -0.2) is 22.2 Å². The van der Waals surface area contributed by atoms with Crippen LogP contribution in [0.5, 0.6) is 0 Å². The Morgan fingerprint density at radius 2 is 2.10 bits per heavy atom. The van der Waals surface area contributed by atoms with Crippen molar-refractivity contribution in [2.24, 2.45) is 0 Å². The van der Waals surface area contributed by atoms with E-state index in [0.29, 0.717) is 28.0 Å². The molecule has 1 aromatic carbocycles. The number of amides is 1. The zero-order valence-electron chi connectivity index (χ0n) is 10.9. The monoisotopic (exact) mass is 337 g/mol. The highest BCUT2D eigenvalue weighted by Gasteiger charge is 2.14. The molecule has 0 saturated heterocycles. The van der Waals surface area contributed by atoms with E-state index in [1.165, 1.54) is 18.3 Å². The number of aromatic nitrogens is 2. The minimum Gasteiger partial charge on any atom is -0.347 e. The number of nitrogens with zero attached hydrogens (tertiary/aromatic N) is 2. The summed E-state index contributed by atoms with van der Waals surface area (Å²) in [5.41, 5.74) is 1.87. The number of rotatable bonds is 4. The Hall–Kier alpha value is -1.95. The normalized spacial score (nSPS) is 10.3. The lowest BCUT2D eigenvalue weighted by molar-refractivity contribution is 0.0957. The highest BCUT2D eigenvalue weighted by molar-refractivity contribution is 9.11. The molecule has 104 valence electrons. The first-order chi connectivity index (χ1) is 9.49. The van der Waals surface area contributed by atoms with Crippen LogP contribution in [0.15, 0.2) is 41.5 Å². The summed E-state index contributed by atoms with van der Waals surface area (Å²) >= 11 is 3.18. The first-order valence-electron chi connectivity index (χ1n) is 5.91. The van der Waals surface area contributed by atoms with Crippen LogP contribution < -0.4 is 5.32 Å². The molecule has 1 amide bonds. The Bertz CT molecular complexity index is 649. The molecule has 0 bridgehead atoms. The molecule has 2 rings (SSSR count). The van der Waals surface area contributed by atoms with E-state index in [4.69, 9.17) is 0 Å². The van der Waals surface area contributed by atoms with Crippen LogP contribution in [0.1, 0.15) is 16.1 Å². The van der Waals surface area contributed by atoms with Crippen molar-refractivity contribution in [1.29, 1.82) is 0 Å². The van der Waals surface area contributed by atoms with Gasteiger partial charge in [0.15, 0.2) is 0 Å². The number of nitrogens with one attached hydrogen (secondary N) is 1. The van der Waals surface area contributed by atoms with Gasteiger partial charge in [-0.15, -0.1) is 0 Å². The molecule has 0 fully saturated rings. The number of hydrogen-bond donors (Lipinski definition) is 1. The van der Waals surface area contributed by atoms with Gasteiger partial charge in [0.2, 0.25) is 0 Å². The first-order valence-corrected chi connectivity index (χ1v) is 6.70. The number of hydrogen-bond acceptors (Lipinski definition) is 2. The van der Waals surface area contributed by atoms with Crippen LogP contribution in [0.3, 0.4) is 0 Å². The second-order valence-corrected chi connectivity index (χ2v) is 5.35. The number of halogens is 2. The maximum atomic E-state index is 12.9. The van der Waals surface area contributed by atoms with Crippen LogP contribution >= 0.6 is 15.9 Å². The van der Waals surface area contributed by atoms with Gasteiger partial charge in [-0.05, 0) is 31.2 Å². The Morgan fingerprint density at radius 3 is 2.70 bits per heavy atom. The number of carbonyl (C=O) groups is 1. The van der Waals surface area contributed by atoms with Crippen LogP contribution in [0, 0.1) is 12.7 Å². The van der Waals surface area contributed by atoms with E-state index in [2.05, 4.69) is 32.9 Å². The van der Waals surface area contributed by atoms with Crippen molar-refractivity contribution in [1.82, 2.24) is 15.1 Å². The molecule has 0 atom stereocenters. The van der Waals surface area contributed by atoms with Gasteiger partial charge in [0.05, 0.1) is 23.1 Å². The predicted octanol–water partition coefficient (Wildman–Crippen LogP) is 2.96. The summed E-state index contributed by atoms with van der Waals surface area (Å²) in [5.74, 6) is -0.538. The SMILES string of the molecule is C=C(Br)CNC(=O)c1cnn(-c2ccc(F)cc2)c1C. The second-order valence-electron chi connectivity index (χ2n) is 4.23. The molecule has 0 unspecified atom stereocenters. The van der Waals surface area contributed by atoms with Gasteiger partial charge >= 0.3 is 0 Å². The minimum absolute atomic E-state index is 0.225. The van der Waals surface area contributed by atoms with Gasteiger partial charge < -0.3 is 5.32 Å². The van der Waals surface area contributed by atoms with Crippen molar-refractivity contribution in [3.63, 3.8) is 0 Å². The molecule has 4 nitrogen and oxygen atoms in total. The molecule has 1 N–H and O–H groups in total. The van der Waals surface area contributed by atoms with Gasteiger partial charge in [-0.2, -0.15) is 5.10 Å². The molecule has 0 aliphatic heterocycles. The summed E-state index contributed by atoms with van der Waals surface area (Å²) in [7, 11) is 0. The van der Waals surface area contributed by atoms with Crippen molar-refractivity contribution in [2.45, 2.75) is 6.92 Å². The van der Waals surface area contributed by atoms with Crippen molar-refractivity contribution in [3.8, 4) is 5.69 Å². The van der Waals surface area contributed by atoms with E-state index in [-0.39, 0.29) is 11.7 Å². The fourth-order valence-corrected chi connectivity index (χ4v) is 1.89. The highest BCUT2D eigenvalue weighted by atomic mass is 79.9. The maximum absolute atomic E-state index is 12.9. The lowest BCUT2D eigenvalue weighted by Gasteiger charge is -2.06. The topological polar surface area (TPSA) is 46.9 Å². The Balaban J connectivity index is 2.24. The van der Waals surface area contributed by atoms with E-state index in [9.17, 15) is 9.18 Å². The third kappa shape index (κ3) is 3.14. The predicted molar refractivity (Wildman–Crippen MR) is 78.7 cm³/mol. The van der Waals surface area contributed by atoms with Crippen molar-refractivity contribution < 1.29 is 9.18 Å². The molecule has 2 aromatic rings. The standard InChI is InChI=1S/C14H13BrFN3O/c1-9(15)7-17-14(20)13-8-18-19(10(13)2)12-5-3-11(16)4-6-12/h3-6,8H,1,7H2,2H3,(H,17,20). The average molecular weight is 338 g/mol. The van der Waals surface area contributed by atoms with Crippen LogP contribution in [0.25, 0.3) is 5.69 Å². The molecule has 20 heavy (non-hydrogen) atoms. The summed E-state index contributed by atoms with van der Waals surface area (Å²) in [5, 5.41) is 6.88. The number of benzene rings is 1. The quantitative estimate of drug-likeness (QED) is 0.932. The van der Waals surface area contributed by atoms with Gasteiger partial charge in [-0.1, -0.05) is 22.5 Å². The summed E-state index contributed by atoms with van der Waals surface area (Å²) < 4.78 is 15.2. The Kier molecular flexibility index (Phi) is 4.34. The molecule has 1 heterocycles. The van der Waals surface area contributed by atoms with Gasteiger partial charge in [-0.25, -0.2) is 9.07 Å². The van der Waals surface area contributed by atoms with Gasteiger partial charge in [0.25, 0.3) is 5.91 Å². The fraction of sp³-hybridized carbons (Fsp3) is 0.143. The third-order valence-electron chi connectivity index (χ3n) is 2.77. The molecule has 0 saturated carbocycles. The zero-order valence-corrected chi connectivity index (χ0v) is 12.4. The maximum Gasteiger partial charge on any atom is 0.255 e. The molecular formula is C14H13BrFN3O. The summed E-state index contributed by atoms with van der Waals surface area (Å²) in [4.78, 5) is 12.0. The minimum atomic E-state index is -0.313. The Labute approximate surface area is 124 Å². The smallest absolute Gasteiger partial charge is 0.255 e. The lowest BCUT2D eigenvalue weighted by Crippen LogP contribution is -2.24. The summed E-state index contributed by atoms with van der Waals surface area (Å²) in [6, 6.07) is 5.92. The zero-order chi connectivity index (χ0) is 14.7. The van der Waals surface area contributed by atoms with Crippen LogP contribution in [0.2, 0.25) is 0 Å². The summed E-state index contributed by atoms with van der Waals surface area (Å²) in [6.45, 7) is 5.78. The second kappa shape index (κ2) is 6.00. The van der Waals surface area contributed by atoms with Crippen molar-refractivity contribution >= 4 is 21.8 Å². The van der Waals surface area contributed by atoms with Gasteiger partial charge in [0, 0.05) is 11.0 Å². The first kappa shape index (κ1) is 14.5. The number of carbonyl (C=O) groups excluding carboxylic acids is 1. The summed E-state index contributed by atoms with van der Waals surface area (Å²) in [6.07, 6.45) is 1.49. The molecule has 0 aliphatic rings. The fourth-order valence-electron chi connectivity index (χ4n) is 1.75. The molecule has 0 spiro atoms.